The number of hydrogen-bond acceptors (Lipinski definition) is 5. The van der Waals surface area contributed by atoms with E-state index in [0.717, 1.165) is 38.3 Å². The average molecular weight is 293 g/mol. The highest BCUT2D eigenvalue weighted by molar-refractivity contribution is 5.74. The quantitative estimate of drug-likeness (QED) is 0.758. The number of carbonyl (C=O) groups is 1. The lowest BCUT2D eigenvalue weighted by atomic mass is 10.1. The molecule has 0 bridgehead atoms. The third-order valence-electron chi connectivity index (χ3n) is 3.40. The van der Waals surface area contributed by atoms with Gasteiger partial charge >= 0.3 is 6.03 Å². The van der Waals surface area contributed by atoms with Crippen molar-refractivity contribution in [3.8, 4) is 0 Å². The summed E-state index contributed by atoms with van der Waals surface area (Å²) in [6.45, 7) is 2.95. The molecule has 0 spiro atoms. The molecule has 1 aromatic heterocycles. The maximum absolute atomic E-state index is 11.8. The van der Waals surface area contributed by atoms with E-state index < -0.39 is 0 Å². The standard InChI is InChI=1S/C14H23N5O2/c1-21-10-4-8-17-14(20)18-12-5-2-9-19(11-12)13-15-6-3-7-16-13/h3,6-7,12H,2,4-5,8-11H2,1H3,(H2,17,18,20). The number of nitrogens with one attached hydrogen (secondary N) is 2. The number of urea groups is 1. The first-order valence-corrected chi connectivity index (χ1v) is 7.35. The van der Waals surface area contributed by atoms with Gasteiger partial charge in [0.05, 0.1) is 0 Å². The molecule has 1 fully saturated rings. The molecule has 0 saturated carbocycles. The van der Waals surface area contributed by atoms with Crippen LogP contribution in [0.2, 0.25) is 0 Å². The van der Waals surface area contributed by atoms with E-state index in [1.165, 1.54) is 0 Å². The SMILES string of the molecule is COCCCNC(=O)NC1CCCN(c2ncccn2)C1. The number of anilines is 1. The summed E-state index contributed by atoms with van der Waals surface area (Å²) in [6, 6.07) is 1.81. The lowest BCUT2D eigenvalue weighted by Crippen LogP contribution is -2.51. The van der Waals surface area contributed by atoms with Crippen molar-refractivity contribution in [1.29, 1.82) is 0 Å². The van der Waals surface area contributed by atoms with Crippen molar-refractivity contribution in [3.05, 3.63) is 18.5 Å². The Labute approximate surface area is 125 Å². The molecule has 0 radical (unpaired) electrons. The fraction of sp³-hybridized carbons (Fsp3) is 0.643. The maximum Gasteiger partial charge on any atom is 0.315 e. The Morgan fingerprint density at radius 2 is 2.29 bits per heavy atom. The lowest BCUT2D eigenvalue weighted by molar-refractivity contribution is 0.193. The van der Waals surface area contributed by atoms with Crippen LogP contribution < -0.4 is 15.5 Å². The van der Waals surface area contributed by atoms with E-state index in [-0.39, 0.29) is 12.1 Å². The number of amides is 2. The summed E-state index contributed by atoms with van der Waals surface area (Å²) in [7, 11) is 1.66. The van der Waals surface area contributed by atoms with Gasteiger partial charge < -0.3 is 20.3 Å². The van der Waals surface area contributed by atoms with Crippen LogP contribution in [0.4, 0.5) is 10.7 Å². The zero-order chi connectivity index (χ0) is 14.9. The summed E-state index contributed by atoms with van der Waals surface area (Å²) >= 11 is 0. The predicted molar refractivity (Wildman–Crippen MR) is 80.3 cm³/mol. The van der Waals surface area contributed by atoms with Gasteiger partial charge in [0.1, 0.15) is 0 Å². The second kappa shape index (κ2) is 8.41. The van der Waals surface area contributed by atoms with Crippen LogP contribution in [0.15, 0.2) is 18.5 Å². The highest BCUT2D eigenvalue weighted by atomic mass is 16.5. The number of carbonyl (C=O) groups excluding carboxylic acids is 1. The monoisotopic (exact) mass is 293 g/mol. The molecule has 1 saturated heterocycles. The van der Waals surface area contributed by atoms with Crippen molar-refractivity contribution < 1.29 is 9.53 Å². The molecule has 1 aliphatic heterocycles. The van der Waals surface area contributed by atoms with Gasteiger partial charge in [-0.2, -0.15) is 0 Å². The Kier molecular flexibility index (Phi) is 6.21. The van der Waals surface area contributed by atoms with Crippen LogP contribution in [0.1, 0.15) is 19.3 Å². The minimum Gasteiger partial charge on any atom is -0.385 e. The number of rotatable bonds is 6. The average Bonchev–Trinajstić information content (AvgIpc) is 2.53. The van der Waals surface area contributed by atoms with Gasteiger partial charge in [-0.05, 0) is 25.3 Å². The third kappa shape index (κ3) is 5.18. The van der Waals surface area contributed by atoms with Gasteiger partial charge in [-0.1, -0.05) is 0 Å². The first kappa shape index (κ1) is 15.5. The molecule has 1 aromatic rings. The summed E-state index contributed by atoms with van der Waals surface area (Å²) in [5, 5.41) is 5.85. The summed E-state index contributed by atoms with van der Waals surface area (Å²) in [4.78, 5) is 22.4. The fourth-order valence-corrected chi connectivity index (χ4v) is 2.39. The molecule has 0 aliphatic carbocycles. The molecular formula is C14H23N5O2. The van der Waals surface area contributed by atoms with Crippen molar-refractivity contribution in [2.24, 2.45) is 0 Å². The van der Waals surface area contributed by atoms with Crippen molar-refractivity contribution in [2.75, 3.05) is 38.3 Å². The van der Waals surface area contributed by atoms with Gasteiger partial charge in [0.2, 0.25) is 5.95 Å². The van der Waals surface area contributed by atoms with E-state index >= 15 is 0 Å². The van der Waals surface area contributed by atoms with Crippen molar-refractivity contribution in [3.63, 3.8) is 0 Å². The number of ether oxygens (including phenoxy) is 1. The second-order valence-electron chi connectivity index (χ2n) is 5.08. The molecule has 2 rings (SSSR count). The van der Waals surface area contributed by atoms with Crippen molar-refractivity contribution in [2.45, 2.75) is 25.3 Å². The second-order valence-corrected chi connectivity index (χ2v) is 5.08. The van der Waals surface area contributed by atoms with Crippen LogP contribution in [0.25, 0.3) is 0 Å². The maximum atomic E-state index is 11.8. The molecule has 21 heavy (non-hydrogen) atoms. The predicted octanol–water partition coefficient (Wildman–Crippen LogP) is 0.781. The summed E-state index contributed by atoms with van der Waals surface area (Å²) in [6.07, 6.45) is 6.30. The fourth-order valence-electron chi connectivity index (χ4n) is 2.39. The largest absolute Gasteiger partial charge is 0.385 e. The molecule has 1 unspecified atom stereocenters. The minimum atomic E-state index is -0.119. The van der Waals surface area contributed by atoms with Crippen molar-refractivity contribution >= 4 is 12.0 Å². The first-order valence-electron chi connectivity index (χ1n) is 7.35. The normalized spacial score (nSPS) is 18.3. The summed E-state index contributed by atoms with van der Waals surface area (Å²) < 4.78 is 4.94. The van der Waals surface area contributed by atoms with Crippen LogP contribution in [0.3, 0.4) is 0 Å². The zero-order valence-corrected chi connectivity index (χ0v) is 12.4. The highest BCUT2D eigenvalue weighted by Gasteiger charge is 2.22. The Morgan fingerprint density at radius 1 is 1.48 bits per heavy atom. The molecule has 1 atom stereocenters. The van der Waals surface area contributed by atoms with Crippen LogP contribution >= 0.6 is 0 Å². The van der Waals surface area contributed by atoms with Crippen LogP contribution in [0, 0.1) is 0 Å². The van der Waals surface area contributed by atoms with Gasteiger partial charge in [0.15, 0.2) is 0 Å². The number of aromatic nitrogens is 2. The molecule has 2 N–H and O–H groups in total. The Balaban J connectivity index is 1.75. The Bertz CT molecular complexity index is 429. The van der Waals surface area contributed by atoms with E-state index in [9.17, 15) is 4.79 Å². The molecule has 7 heteroatoms. The number of methoxy groups -OCH3 is 1. The van der Waals surface area contributed by atoms with E-state index in [2.05, 4.69) is 25.5 Å². The van der Waals surface area contributed by atoms with Gasteiger partial charge in [0, 0.05) is 51.8 Å². The minimum absolute atomic E-state index is 0.119. The molecule has 1 aliphatic rings. The van der Waals surface area contributed by atoms with Crippen molar-refractivity contribution in [1.82, 2.24) is 20.6 Å². The van der Waals surface area contributed by atoms with Gasteiger partial charge in [-0.15, -0.1) is 0 Å². The van der Waals surface area contributed by atoms with E-state index in [1.807, 2.05) is 0 Å². The van der Waals surface area contributed by atoms with Crippen LogP contribution in [0.5, 0.6) is 0 Å². The Morgan fingerprint density at radius 3 is 3.05 bits per heavy atom. The van der Waals surface area contributed by atoms with Crippen LogP contribution in [-0.2, 0) is 4.74 Å². The lowest BCUT2D eigenvalue weighted by Gasteiger charge is -2.33. The molecule has 2 heterocycles. The molecule has 0 aromatic carbocycles. The summed E-state index contributed by atoms with van der Waals surface area (Å²) in [5.74, 6) is 0.726. The number of nitrogens with zero attached hydrogens (tertiary/aromatic N) is 3. The molecule has 116 valence electrons. The van der Waals surface area contributed by atoms with Gasteiger partial charge in [0.25, 0.3) is 0 Å². The topological polar surface area (TPSA) is 79.4 Å². The molecular weight excluding hydrogens is 270 g/mol. The van der Waals surface area contributed by atoms with E-state index in [1.54, 1.807) is 25.6 Å². The molecule has 2 amide bonds. The van der Waals surface area contributed by atoms with E-state index in [4.69, 9.17) is 4.74 Å². The smallest absolute Gasteiger partial charge is 0.315 e. The first-order chi connectivity index (χ1) is 10.3. The molecule has 7 nitrogen and oxygen atoms in total. The third-order valence-corrected chi connectivity index (χ3v) is 3.40. The Hall–Kier alpha value is -1.89. The number of piperidine rings is 1. The summed E-state index contributed by atoms with van der Waals surface area (Å²) in [5.41, 5.74) is 0. The highest BCUT2D eigenvalue weighted by Crippen LogP contribution is 2.14. The van der Waals surface area contributed by atoms with E-state index in [0.29, 0.717) is 13.2 Å². The van der Waals surface area contributed by atoms with Crippen LogP contribution in [-0.4, -0.2) is 55.4 Å². The van der Waals surface area contributed by atoms with Gasteiger partial charge in [-0.3, -0.25) is 0 Å². The van der Waals surface area contributed by atoms with Gasteiger partial charge in [-0.25, -0.2) is 14.8 Å². The zero-order valence-electron chi connectivity index (χ0n) is 12.4. The number of hydrogen-bond donors (Lipinski definition) is 2.